The molecule has 0 amide bonds. The van der Waals surface area contributed by atoms with Crippen LogP contribution in [0, 0.1) is 5.92 Å². The molecule has 0 radical (unpaired) electrons. The van der Waals surface area contributed by atoms with E-state index in [9.17, 15) is 4.39 Å². The fourth-order valence-electron chi connectivity index (χ4n) is 2.45. The van der Waals surface area contributed by atoms with Crippen LogP contribution in [-0.2, 0) is 6.54 Å². The van der Waals surface area contributed by atoms with Crippen LogP contribution < -0.4 is 4.74 Å². The molecule has 0 N–H and O–H groups in total. The number of methoxy groups -OCH3 is 1. The molecular weight excluding hydrogens is 245 g/mol. The zero-order valence-corrected chi connectivity index (χ0v) is 11.9. The third kappa shape index (κ3) is 3.41. The average Bonchev–Trinajstić information content (AvgIpc) is 2.42. The van der Waals surface area contributed by atoms with Crippen LogP contribution in [-0.4, -0.2) is 40.7 Å². The van der Waals surface area contributed by atoms with Gasteiger partial charge in [0.15, 0.2) is 0 Å². The second kappa shape index (κ2) is 5.82. The maximum absolute atomic E-state index is 14.4. The minimum absolute atomic E-state index is 0.0963. The van der Waals surface area contributed by atoms with Gasteiger partial charge < -0.3 is 4.74 Å². The molecule has 0 aliphatic carbocycles. The van der Waals surface area contributed by atoms with Gasteiger partial charge in [-0.1, -0.05) is 13.8 Å². The van der Waals surface area contributed by atoms with E-state index in [4.69, 9.17) is 4.74 Å². The van der Waals surface area contributed by atoms with E-state index in [2.05, 4.69) is 14.9 Å². The molecule has 4 nitrogen and oxygen atoms in total. The van der Waals surface area contributed by atoms with E-state index in [0.29, 0.717) is 18.9 Å². The SMILES string of the molecule is COc1ncc(CN2CCC(F)(C(C)C)CC2)cn1. The first kappa shape index (κ1) is 14.2. The third-order valence-electron chi connectivity index (χ3n) is 3.99. The van der Waals surface area contributed by atoms with E-state index >= 15 is 0 Å². The number of piperidine rings is 1. The zero-order valence-electron chi connectivity index (χ0n) is 11.9. The summed E-state index contributed by atoms with van der Waals surface area (Å²) in [5.74, 6) is 0.0963. The lowest BCUT2D eigenvalue weighted by atomic mass is 9.83. The Labute approximate surface area is 114 Å². The lowest BCUT2D eigenvalue weighted by Gasteiger charge is -2.38. The molecule has 1 aromatic rings. The number of rotatable bonds is 4. The fraction of sp³-hybridized carbons (Fsp3) is 0.714. The van der Waals surface area contributed by atoms with E-state index in [1.54, 1.807) is 19.5 Å². The Bertz CT molecular complexity index is 400. The van der Waals surface area contributed by atoms with Crippen LogP contribution in [0.2, 0.25) is 0 Å². The van der Waals surface area contributed by atoms with Crippen LogP contribution >= 0.6 is 0 Å². The number of ether oxygens (including phenoxy) is 1. The second-order valence-electron chi connectivity index (χ2n) is 5.54. The quantitative estimate of drug-likeness (QED) is 0.840. The average molecular weight is 267 g/mol. The number of alkyl halides is 1. The molecule has 2 rings (SSSR count). The summed E-state index contributed by atoms with van der Waals surface area (Å²) >= 11 is 0. The van der Waals surface area contributed by atoms with Gasteiger partial charge in [-0.25, -0.2) is 14.4 Å². The molecule has 0 bridgehead atoms. The smallest absolute Gasteiger partial charge is 0.316 e. The molecule has 1 aromatic heterocycles. The highest BCUT2D eigenvalue weighted by Gasteiger charge is 2.37. The van der Waals surface area contributed by atoms with Crippen molar-refractivity contribution in [1.82, 2.24) is 14.9 Å². The first-order chi connectivity index (χ1) is 9.03. The van der Waals surface area contributed by atoms with Gasteiger partial charge in [-0.2, -0.15) is 0 Å². The van der Waals surface area contributed by atoms with Gasteiger partial charge in [0, 0.05) is 37.6 Å². The largest absolute Gasteiger partial charge is 0.467 e. The number of likely N-dealkylation sites (tertiary alicyclic amines) is 1. The van der Waals surface area contributed by atoms with Crippen molar-refractivity contribution in [3.05, 3.63) is 18.0 Å². The molecule has 0 spiro atoms. The Kier molecular flexibility index (Phi) is 4.34. The second-order valence-corrected chi connectivity index (χ2v) is 5.54. The van der Waals surface area contributed by atoms with Crippen molar-refractivity contribution in [1.29, 1.82) is 0 Å². The maximum atomic E-state index is 14.4. The Morgan fingerprint density at radius 3 is 2.37 bits per heavy atom. The van der Waals surface area contributed by atoms with Gasteiger partial charge in [0.1, 0.15) is 5.67 Å². The van der Waals surface area contributed by atoms with E-state index in [1.807, 2.05) is 13.8 Å². The molecule has 0 atom stereocenters. The third-order valence-corrected chi connectivity index (χ3v) is 3.99. The monoisotopic (exact) mass is 267 g/mol. The minimum atomic E-state index is -0.993. The highest BCUT2D eigenvalue weighted by atomic mass is 19.1. The van der Waals surface area contributed by atoms with Crippen LogP contribution in [0.5, 0.6) is 6.01 Å². The van der Waals surface area contributed by atoms with Crippen LogP contribution in [0.3, 0.4) is 0 Å². The number of halogens is 1. The van der Waals surface area contributed by atoms with Crippen LogP contribution in [0.4, 0.5) is 4.39 Å². The summed E-state index contributed by atoms with van der Waals surface area (Å²) in [7, 11) is 1.55. The first-order valence-corrected chi connectivity index (χ1v) is 6.80. The number of nitrogens with zero attached hydrogens (tertiary/aromatic N) is 3. The maximum Gasteiger partial charge on any atom is 0.316 e. The summed E-state index contributed by atoms with van der Waals surface area (Å²) in [5, 5.41) is 0. The van der Waals surface area contributed by atoms with Gasteiger partial charge in [0.25, 0.3) is 0 Å². The van der Waals surface area contributed by atoms with Crippen molar-refractivity contribution in [3.63, 3.8) is 0 Å². The van der Waals surface area contributed by atoms with E-state index in [-0.39, 0.29) is 5.92 Å². The van der Waals surface area contributed by atoms with Crippen molar-refractivity contribution < 1.29 is 9.13 Å². The van der Waals surface area contributed by atoms with Crippen molar-refractivity contribution >= 4 is 0 Å². The predicted molar refractivity (Wildman–Crippen MR) is 71.8 cm³/mol. The van der Waals surface area contributed by atoms with Gasteiger partial charge in [-0.15, -0.1) is 0 Å². The number of hydrogen-bond acceptors (Lipinski definition) is 4. The topological polar surface area (TPSA) is 38.2 Å². The Morgan fingerprint density at radius 2 is 1.89 bits per heavy atom. The molecule has 19 heavy (non-hydrogen) atoms. The summed E-state index contributed by atoms with van der Waals surface area (Å²) in [6.45, 7) is 6.29. The molecule has 2 heterocycles. The van der Waals surface area contributed by atoms with Crippen LogP contribution in [0.1, 0.15) is 32.3 Å². The molecule has 1 saturated heterocycles. The van der Waals surface area contributed by atoms with Crippen molar-refractivity contribution in [2.45, 2.75) is 38.9 Å². The van der Waals surface area contributed by atoms with E-state index < -0.39 is 5.67 Å². The van der Waals surface area contributed by atoms with Gasteiger partial charge in [0.2, 0.25) is 0 Å². The number of hydrogen-bond donors (Lipinski definition) is 0. The van der Waals surface area contributed by atoms with Crippen LogP contribution in [0.25, 0.3) is 0 Å². The van der Waals surface area contributed by atoms with Gasteiger partial charge in [-0.3, -0.25) is 4.90 Å². The van der Waals surface area contributed by atoms with E-state index in [0.717, 1.165) is 25.2 Å². The molecule has 0 unspecified atom stereocenters. The van der Waals surface area contributed by atoms with Gasteiger partial charge >= 0.3 is 6.01 Å². The van der Waals surface area contributed by atoms with Gasteiger partial charge in [-0.05, 0) is 18.8 Å². The fourth-order valence-corrected chi connectivity index (χ4v) is 2.45. The van der Waals surface area contributed by atoms with Crippen molar-refractivity contribution in [3.8, 4) is 6.01 Å². The Hall–Kier alpha value is -1.23. The highest BCUT2D eigenvalue weighted by molar-refractivity contribution is 5.07. The predicted octanol–water partition coefficient (Wildman–Crippen LogP) is 2.45. The molecule has 1 aliphatic heterocycles. The molecule has 1 fully saturated rings. The first-order valence-electron chi connectivity index (χ1n) is 6.80. The van der Waals surface area contributed by atoms with Crippen molar-refractivity contribution in [2.24, 2.45) is 5.92 Å². The normalized spacial score (nSPS) is 19.6. The summed E-state index contributed by atoms with van der Waals surface area (Å²) in [6, 6.07) is 0.380. The van der Waals surface area contributed by atoms with Crippen LogP contribution in [0.15, 0.2) is 12.4 Å². The number of aromatic nitrogens is 2. The molecule has 0 saturated carbocycles. The lowest BCUT2D eigenvalue weighted by Crippen LogP contribution is -2.44. The molecular formula is C14H22FN3O. The standard InChI is InChI=1S/C14H22FN3O/c1-11(2)14(15)4-6-18(7-5-14)10-12-8-16-13(19-3)17-9-12/h8-9,11H,4-7,10H2,1-3H3. The molecule has 5 heteroatoms. The molecule has 106 valence electrons. The highest BCUT2D eigenvalue weighted by Crippen LogP contribution is 2.33. The molecule has 0 aromatic carbocycles. The minimum Gasteiger partial charge on any atom is -0.467 e. The Balaban J connectivity index is 1.88. The lowest BCUT2D eigenvalue weighted by molar-refractivity contribution is 0.0171. The summed E-state index contributed by atoms with van der Waals surface area (Å²) in [6.07, 6.45) is 4.76. The summed E-state index contributed by atoms with van der Waals surface area (Å²) in [5.41, 5.74) is 0.0455. The van der Waals surface area contributed by atoms with Crippen molar-refractivity contribution in [2.75, 3.05) is 20.2 Å². The summed E-state index contributed by atoms with van der Waals surface area (Å²) in [4.78, 5) is 10.4. The summed E-state index contributed by atoms with van der Waals surface area (Å²) < 4.78 is 19.4. The zero-order chi connectivity index (χ0) is 13.9. The molecule has 1 aliphatic rings. The van der Waals surface area contributed by atoms with E-state index in [1.165, 1.54) is 0 Å². The van der Waals surface area contributed by atoms with Gasteiger partial charge in [0.05, 0.1) is 7.11 Å². The Morgan fingerprint density at radius 1 is 1.32 bits per heavy atom.